The summed E-state index contributed by atoms with van der Waals surface area (Å²) in [5.41, 5.74) is 0.800. The third-order valence-corrected chi connectivity index (χ3v) is 1.72. The van der Waals surface area contributed by atoms with Crippen LogP contribution in [0, 0.1) is 6.92 Å². The van der Waals surface area contributed by atoms with Crippen molar-refractivity contribution in [3.8, 4) is 5.75 Å². The van der Waals surface area contributed by atoms with E-state index < -0.39 is 12.6 Å². The fourth-order valence-corrected chi connectivity index (χ4v) is 1.14. The van der Waals surface area contributed by atoms with Crippen LogP contribution in [-0.4, -0.2) is 12.6 Å². The summed E-state index contributed by atoms with van der Waals surface area (Å²) < 4.78 is 4.93. The highest BCUT2D eigenvalue weighted by Gasteiger charge is 2.03. The van der Waals surface area contributed by atoms with E-state index in [9.17, 15) is 9.90 Å². The minimum absolute atomic E-state index is 0.442. The highest BCUT2D eigenvalue weighted by Crippen LogP contribution is 2.21. The molecule has 1 aromatic carbocycles. The largest absolute Gasteiger partial charge is 0.481 e. The quantitative estimate of drug-likeness (QED) is 0.747. The summed E-state index contributed by atoms with van der Waals surface area (Å²) in [6.07, 6.45) is 0. The van der Waals surface area contributed by atoms with Gasteiger partial charge >= 0.3 is 5.97 Å². The van der Waals surface area contributed by atoms with Crippen LogP contribution in [0.1, 0.15) is 5.56 Å². The first kappa shape index (κ1) is 9.86. The lowest BCUT2D eigenvalue weighted by Crippen LogP contribution is -2.08. The molecule has 0 aliphatic rings. The van der Waals surface area contributed by atoms with Gasteiger partial charge in [0.2, 0.25) is 0 Å². The first-order chi connectivity index (χ1) is 6.09. The third-order valence-electron chi connectivity index (χ3n) is 1.48. The predicted octanol–water partition coefficient (Wildman–Crippen LogP) is 1.98. The van der Waals surface area contributed by atoms with Gasteiger partial charge in [0, 0.05) is 5.02 Å². The van der Waals surface area contributed by atoms with Crippen LogP contribution in [0.25, 0.3) is 0 Å². The van der Waals surface area contributed by atoms with Gasteiger partial charge in [0.05, 0.1) is 0 Å². The molecule has 3 nitrogen and oxygen atoms in total. The molecule has 0 aliphatic carbocycles. The second-order valence-corrected chi connectivity index (χ2v) is 3.01. The zero-order valence-electron chi connectivity index (χ0n) is 7.04. The van der Waals surface area contributed by atoms with Gasteiger partial charge in [0.15, 0.2) is 6.61 Å². The van der Waals surface area contributed by atoms with Gasteiger partial charge < -0.3 is 4.74 Å². The van der Waals surface area contributed by atoms with Crippen LogP contribution in [0.15, 0.2) is 18.2 Å². The molecule has 0 amide bonds. The highest BCUT2D eigenvalue weighted by atomic mass is 35.5. The first-order valence-corrected chi connectivity index (χ1v) is 4.06. The molecule has 69 valence electrons. The molecule has 0 atom stereocenters. The summed E-state index contributed by atoms with van der Waals surface area (Å²) >= 11 is 5.70. The van der Waals surface area contributed by atoms with Crippen molar-refractivity contribution < 1.29 is 14.6 Å². The Morgan fingerprint density at radius 2 is 2.23 bits per heavy atom. The van der Waals surface area contributed by atoms with Crippen molar-refractivity contribution in [2.45, 2.75) is 6.92 Å². The van der Waals surface area contributed by atoms with Gasteiger partial charge in [-0.15, -0.1) is 0 Å². The Kier molecular flexibility index (Phi) is 3.14. The fraction of sp³-hybridized carbons (Fsp3) is 0.222. The van der Waals surface area contributed by atoms with E-state index in [4.69, 9.17) is 16.3 Å². The van der Waals surface area contributed by atoms with Crippen LogP contribution in [-0.2, 0) is 9.90 Å². The molecule has 0 saturated carbocycles. The molecule has 1 rings (SSSR count). The average molecular weight is 200 g/mol. The maximum atomic E-state index is 10.1. The van der Waals surface area contributed by atoms with Gasteiger partial charge in [-0.2, -0.15) is 0 Å². The van der Waals surface area contributed by atoms with E-state index in [2.05, 4.69) is 0 Å². The van der Waals surface area contributed by atoms with E-state index in [1.54, 1.807) is 25.1 Å². The number of hydrogen-bond donors (Lipinski definition) is 0. The van der Waals surface area contributed by atoms with E-state index in [1.807, 2.05) is 0 Å². The van der Waals surface area contributed by atoms with E-state index in [0.29, 0.717) is 10.8 Å². The van der Waals surface area contributed by atoms with Crippen molar-refractivity contribution in [2.75, 3.05) is 6.61 Å². The Morgan fingerprint density at radius 3 is 2.77 bits per heavy atom. The van der Waals surface area contributed by atoms with Gasteiger partial charge in [0.25, 0.3) is 0 Å². The molecule has 4 heteroatoms. The Labute approximate surface area is 80.9 Å². The first-order valence-electron chi connectivity index (χ1n) is 3.68. The molecule has 0 fully saturated rings. The molecule has 0 heterocycles. The normalized spacial score (nSPS) is 9.69. The van der Waals surface area contributed by atoms with Crippen LogP contribution in [0.4, 0.5) is 0 Å². The number of halogens is 1. The van der Waals surface area contributed by atoms with Gasteiger partial charge in [-0.3, -0.25) is 0 Å². The molecule has 1 aromatic rings. The van der Waals surface area contributed by atoms with E-state index in [-0.39, 0.29) is 0 Å². The number of carbonyl (C=O) groups excluding carboxylic acids is 1. The fourth-order valence-electron chi connectivity index (χ4n) is 0.911. The minimum Gasteiger partial charge on any atom is -0.481 e. The second-order valence-electron chi connectivity index (χ2n) is 2.57. The lowest BCUT2D eigenvalue weighted by molar-refractivity contribution is -0.145. The highest BCUT2D eigenvalue weighted by molar-refractivity contribution is 6.30. The van der Waals surface area contributed by atoms with Gasteiger partial charge in [-0.05, 0) is 30.7 Å². The third kappa shape index (κ3) is 2.95. The number of aryl methyl sites for hydroxylation is 1. The Hall–Kier alpha value is -1.22. The Morgan fingerprint density at radius 1 is 1.54 bits per heavy atom. The van der Waals surface area contributed by atoms with Crippen LogP contribution in [0.5, 0.6) is 5.75 Å². The summed E-state index contributed by atoms with van der Waals surface area (Å²) in [4.78, 5) is 10.1. The Bertz CT molecular complexity index is 323. The van der Waals surface area contributed by atoms with Crippen molar-refractivity contribution in [2.24, 2.45) is 0 Å². The minimum atomic E-state index is -1.24. The number of benzene rings is 1. The lowest BCUT2D eigenvalue weighted by Gasteiger charge is -2.05. The molecule has 0 bridgehead atoms. The van der Waals surface area contributed by atoms with Crippen LogP contribution in [0.3, 0.4) is 0 Å². The summed E-state index contributed by atoms with van der Waals surface area (Å²) in [5, 5.41) is 10.7. The number of hydrogen-bond acceptors (Lipinski definition) is 2. The lowest BCUT2D eigenvalue weighted by atomic mass is 10.2. The van der Waals surface area contributed by atoms with Gasteiger partial charge in [-0.25, -0.2) is 9.90 Å². The molecule has 13 heavy (non-hydrogen) atoms. The molecule has 0 aromatic heterocycles. The average Bonchev–Trinajstić information content (AvgIpc) is 2.02. The van der Waals surface area contributed by atoms with Crippen LogP contribution >= 0.6 is 11.6 Å². The number of rotatable bonds is 3. The summed E-state index contributed by atoms with van der Waals surface area (Å²) in [5.74, 6) is -0.733. The summed E-state index contributed by atoms with van der Waals surface area (Å²) in [6.45, 7) is 1.35. The maximum Gasteiger partial charge on any atom is 0.392 e. The van der Waals surface area contributed by atoms with Crippen molar-refractivity contribution in [1.82, 2.24) is 0 Å². The number of ether oxygens (including phenoxy) is 1. The van der Waals surface area contributed by atoms with Gasteiger partial charge in [0.1, 0.15) is 5.75 Å². The SMILES string of the molecule is Cc1cc(Cl)ccc1OCC([O])=O. The van der Waals surface area contributed by atoms with Crippen LogP contribution < -0.4 is 4.74 Å². The van der Waals surface area contributed by atoms with E-state index in [1.165, 1.54) is 0 Å². The van der Waals surface area contributed by atoms with E-state index >= 15 is 0 Å². The molecule has 0 unspecified atom stereocenters. The molecule has 0 aliphatic heterocycles. The van der Waals surface area contributed by atoms with Crippen molar-refractivity contribution in [3.05, 3.63) is 28.8 Å². The zero-order chi connectivity index (χ0) is 9.84. The van der Waals surface area contributed by atoms with Gasteiger partial charge in [-0.1, -0.05) is 11.6 Å². The molecular weight excluding hydrogens is 192 g/mol. The van der Waals surface area contributed by atoms with Crippen LogP contribution in [0.2, 0.25) is 5.02 Å². The Balaban J connectivity index is 2.72. The predicted molar refractivity (Wildman–Crippen MR) is 47.4 cm³/mol. The van der Waals surface area contributed by atoms with E-state index in [0.717, 1.165) is 5.56 Å². The molecular formula is C9H8ClO3. The van der Waals surface area contributed by atoms with Crippen molar-refractivity contribution >= 4 is 17.6 Å². The summed E-state index contributed by atoms with van der Waals surface area (Å²) in [7, 11) is 0. The number of carbonyl (C=O) groups is 1. The maximum absolute atomic E-state index is 10.1. The standard InChI is InChI=1S/C9H8ClO3/c1-6-4-7(10)2-3-8(6)13-5-9(11)12/h2-4H,5H2,1H3. The molecule has 0 spiro atoms. The summed E-state index contributed by atoms with van der Waals surface area (Å²) in [6, 6.07) is 4.96. The molecule has 0 N–H and O–H groups in total. The smallest absolute Gasteiger partial charge is 0.392 e. The topological polar surface area (TPSA) is 46.2 Å². The molecule has 0 saturated heterocycles. The second kappa shape index (κ2) is 4.14. The molecule has 1 radical (unpaired) electrons. The zero-order valence-corrected chi connectivity index (χ0v) is 7.80. The van der Waals surface area contributed by atoms with Crippen molar-refractivity contribution in [1.29, 1.82) is 0 Å². The van der Waals surface area contributed by atoms with Crippen molar-refractivity contribution in [3.63, 3.8) is 0 Å². The monoisotopic (exact) mass is 199 g/mol.